The van der Waals surface area contributed by atoms with Crippen molar-refractivity contribution in [2.75, 3.05) is 7.05 Å². The van der Waals surface area contributed by atoms with Gasteiger partial charge in [-0.25, -0.2) is 0 Å². The molecule has 110 valence electrons. The van der Waals surface area contributed by atoms with Crippen LogP contribution in [0.5, 0.6) is 0 Å². The molecular formula is C15H16N2O3S. The van der Waals surface area contributed by atoms with E-state index in [0.717, 1.165) is 10.4 Å². The third kappa shape index (κ3) is 3.28. The first-order valence-corrected chi connectivity index (χ1v) is 7.29. The van der Waals surface area contributed by atoms with Crippen LogP contribution in [0.2, 0.25) is 0 Å². The summed E-state index contributed by atoms with van der Waals surface area (Å²) in [6.07, 6.45) is 0. The first-order chi connectivity index (χ1) is 9.90. The van der Waals surface area contributed by atoms with Gasteiger partial charge < -0.3 is 4.90 Å². The van der Waals surface area contributed by atoms with Crippen LogP contribution in [0, 0.1) is 17.0 Å². The van der Waals surface area contributed by atoms with E-state index in [1.807, 2.05) is 19.9 Å². The average Bonchev–Trinajstić information content (AvgIpc) is 2.91. The number of non-ortho nitro benzene ring substituents is 1. The Balaban J connectivity index is 2.22. The Morgan fingerprint density at radius 1 is 1.33 bits per heavy atom. The van der Waals surface area contributed by atoms with E-state index in [0.29, 0.717) is 4.88 Å². The van der Waals surface area contributed by atoms with Crippen LogP contribution in [-0.4, -0.2) is 22.8 Å². The van der Waals surface area contributed by atoms with Crippen molar-refractivity contribution in [1.82, 2.24) is 4.90 Å². The van der Waals surface area contributed by atoms with Gasteiger partial charge in [-0.1, -0.05) is 12.1 Å². The number of nitro benzene ring substituents is 1. The van der Waals surface area contributed by atoms with E-state index in [2.05, 4.69) is 0 Å². The Bertz CT molecular complexity index is 681. The Labute approximate surface area is 127 Å². The van der Waals surface area contributed by atoms with Crippen LogP contribution in [0.3, 0.4) is 0 Å². The molecule has 6 heteroatoms. The van der Waals surface area contributed by atoms with Crippen LogP contribution in [0.1, 0.15) is 33.1 Å². The summed E-state index contributed by atoms with van der Waals surface area (Å²) in [6.45, 7) is 3.81. The number of amides is 1. The van der Waals surface area contributed by atoms with Crippen LogP contribution < -0.4 is 0 Å². The van der Waals surface area contributed by atoms with Gasteiger partial charge in [-0.15, -0.1) is 11.3 Å². The minimum atomic E-state index is -0.430. The van der Waals surface area contributed by atoms with E-state index >= 15 is 0 Å². The maximum atomic E-state index is 12.4. The summed E-state index contributed by atoms with van der Waals surface area (Å²) in [4.78, 5) is 26.1. The average molecular weight is 304 g/mol. The van der Waals surface area contributed by atoms with E-state index in [1.54, 1.807) is 30.1 Å². The molecule has 1 amide bonds. The number of nitro groups is 1. The van der Waals surface area contributed by atoms with Crippen LogP contribution in [-0.2, 0) is 0 Å². The summed E-state index contributed by atoms with van der Waals surface area (Å²) < 4.78 is 0. The summed E-state index contributed by atoms with van der Waals surface area (Å²) in [5, 5.41) is 10.8. The standard InChI is InChI=1S/C15H16N2O3S/c1-10-7-8-14(21-10)15(18)16(3)11(2)12-5-4-6-13(9-12)17(19)20/h4-9,11H,1-3H3. The van der Waals surface area contributed by atoms with E-state index in [1.165, 1.54) is 23.5 Å². The molecule has 1 aromatic carbocycles. The molecule has 0 aliphatic rings. The molecular weight excluding hydrogens is 288 g/mol. The molecule has 0 saturated carbocycles. The molecule has 0 spiro atoms. The van der Waals surface area contributed by atoms with Crippen LogP contribution in [0.15, 0.2) is 36.4 Å². The van der Waals surface area contributed by atoms with Gasteiger partial charge in [-0.2, -0.15) is 0 Å². The van der Waals surface area contributed by atoms with Crippen molar-refractivity contribution >= 4 is 22.9 Å². The zero-order valence-corrected chi connectivity index (χ0v) is 12.9. The molecule has 0 fully saturated rings. The highest BCUT2D eigenvalue weighted by Gasteiger charge is 2.21. The normalized spacial score (nSPS) is 12.0. The van der Waals surface area contributed by atoms with Crippen LogP contribution in [0.4, 0.5) is 5.69 Å². The Hall–Kier alpha value is -2.21. The predicted molar refractivity (Wildman–Crippen MR) is 82.7 cm³/mol. The van der Waals surface area contributed by atoms with Gasteiger partial charge in [0.15, 0.2) is 0 Å². The summed E-state index contributed by atoms with van der Waals surface area (Å²) in [5.74, 6) is -0.0768. The zero-order chi connectivity index (χ0) is 15.6. The highest BCUT2D eigenvalue weighted by atomic mass is 32.1. The zero-order valence-electron chi connectivity index (χ0n) is 12.1. The first kappa shape index (κ1) is 15.2. The lowest BCUT2D eigenvalue weighted by atomic mass is 10.1. The summed E-state index contributed by atoms with van der Waals surface area (Å²) in [7, 11) is 1.71. The van der Waals surface area contributed by atoms with Crippen molar-refractivity contribution in [1.29, 1.82) is 0 Å². The lowest BCUT2D eigenvalue weighted by Gasteiger charge is -2.24. The highest BCUT2D eigenvalue weighted by Crippen LogP contribution is 2.26. The second-order valence-electron chi connectivity index (χ2n) is 4.85. The van der Waals surface area contributed by atoms with Crippen molar-refractivity contribution in [2.45, 2.75) is 19.9 Å². The predicted octanol–water partition coefficient (Wildman–Crippen LogP) is 3.80. The molecule has 21 heavy (non-hydrogen) atoms. The quantitative estimate of drug-likeness (QED) is 0.637. The largest absolute Gasteiger partial charge is 0.334 e. The fourth-order valence-corrected chi connectivity index (χ4v) is 2.87. The molecule has 1 heterocycles. The summed E-state index contributed by atoms with van der Waals surface area (Å²) >= 11 is 1.45. The lowest BCUT2D eigenvalue weighted by molar-refractivity contribution is -0.384. The molecule has 0 saturated heterocycles. The second-order valence-corrected chi connectivity index (χ2v) is 6.14. The van der Waals surface area contributed by atoms with Gasteiger partial charge in [0, 0.05) is 24.1 Å². The maximum absolute atomic E-state index is 12.4. The Kier molecular flexibility index (Phi) is 4.37. The molecule has 5 nitrogen and oxygen atoms in total. The van der Waals surface area contributed by atoms with E-state index in [-0.39, 0.29) is 17.6 Å². The lowest BCUT2D eigenvalue weighted by Crippen LogP contribution is -2.29. The molecule has 2 rings (SSSR count). The van der Waals surface area contributed by atoms with Gasteiger partial charge in [0.1, 0.15) is 0 Å². The van der Waals surface area contributed by atoms with E-state index in [4.69, 9.17) is 0 Å². The number of hydrogen-bond donors (Lipinski definition) is 0. The number of benzene rings is 1. The molecule has 1 unspecified atom stereocenters. The highest BCUT2D eigenvalue weighted by molar-refractivity contribution is 7.13. The fraction of sp³-hybridized carbons (Fsp3) is 0.267. The number of nitrogens with zero attached hydrogens (tertiary/aromatic N) is 2. The monoisotopic (exact) mass is 304 g/mol. The van der Waals surface area contributed by atoms with E-state index in [9.17, 15) is 14.9 Å². The molecule has 0 aliphatic heterocycles. The molecule has 0 N–H and O–H groups in total. The van der Waals surface area contributed by atoms with Crippen LogP contribution in [0.25, 0.3) is 0 Å². The molecule has 0 radical (unpaired) electrons. The Morgan fingerprint density at radius 3 is 2.62 bits per heavy atom. The number of hydrogen-bond acceptors (Lipinski definition) is 4. The van der Waals surface area contributed by atoms with Crippen molar-refractivity contribution in [3.05, 3.63) is 61.8 Å². The van der Waals surface area contributed by atoms with Crippen molar-refractivity contribution in [3.8, 4) is 0 Å². The third-order valence-corrected chi connectivity index (χ3v) is 4.40. The number of thiophene rings is 1. The second kappa shape index (κ2) is 6.05. The molecule has 1 aromatic heterocycles. The first-order valence-electron chi connectivity index (χ1n) is 6.48. The van der Waals surface area contributed by atoms with Crippen molar-refractivity contribution in [2.24, 2.45) is 0 Å². The summed E-state index contributed by atoms with van der Waals surface area (Å²) in [5.41, 5.74) is 0.778. The minimum Gasteiger partial charge on any atom is -0.334 e. The fourth-order valence-electron chi connectivity index (χ4n) is 2.02. The molecule has 0 bridgehead atoms. The molecule has 1 atom stereocenters. The van der Waals surface area contributed by atoms with E-state index < -0.39 is 4.92 Å². The van der Waals surface area contributed by atoms with Gasteiger partial charge >= 0.3 is 0 Å². The topological polar surface area (TPSA) is 63.5 Å². The van der Waals surface area contributed by atoms with Gasteiger partial charge in [-0.3, -0.25) is 14.9 Å². The number of carbonyl (C=O) groups is 1. The van der Waals surface area contributed by atoms with Gasteiger partial charge in [0.25, 0.3) is 11.6 Å². The maximum Gasteiger partial charge on any atom is 0.269 e. The van der Waals surface area contributed by atoms with Gasteiger partial charge in [0.05, 0.1) is 15.8 Å². The smallest absolute Gasteiger partial charge is 0.269 e. The number of aryl methyl sites for hydroxylation is 1. The third-order valence-electron chi connectivity index (χ3n) is 3.42. The van der Waals surface area contributed by atoms with Gasteiger partial charge in [0.2, 0.25) is 0 Å². The van der Waals surface area contributed by atoms with Crippen LogP contribution >= 0.6 is 11.3 Å². The Morgan fingerprint density at radius 2 is 2.05 bits per heavy atom. The number of carbonyl (C=O) groups excluding carboxylic acids is 1. The SMILES string of the molecule is Cc1ccc(C(=O)N(C)C(C)c2cccc([N+](=O)[O-])c2)s1. The molecule has 2 aromatic rings. The van der Waals surface area contributed by atoms with Crippen molar-refractivity contribution < 1.29 is 9.72 Å². The number of rotatable bonds is 4. The molecule has 0 aliphatic carbocycles. The van der Waals surface area contributed by atoms with Crippen molar-refractivity contribution in [3.63, 3.8) is 0 Å². The van der Waals surface area contributed by atoms with Gasteiger partial charge in [-0.05, 0) is 31.5 Å². The summed E-state index contributed by atoms with van der Waals surface area (Å²) in [6, 6.07) is 9.86. The minimum absolute atomic E-state index is 0.0344.